The molecule has 0 spiro atoms. The van der Waals surface area contributed by atoms with Crippen LogP contribution in [0.3, 0.4) is 0 Å². The predicted octanol–water partition coefficient (Wildman–Crippen LogP) is 3.63. The summed E-state index contributed by atoms with van der Waals surface area (Å²) < 4.78 is 17.1. The largest absolute Gasteiger partial charge is 0.493 e. The van der Waals surface area contributed by atoms with Gasteiger partial charge in [-0.15, -0.1) is 0 Å². The molecule has 1 saturated heterocycles. The molecule has 1 aliphatic rings. The monoisotopic (exact) mass is 415 g/mol. The lowest BCUT2D eigenvalue weighted by Crippen LogP contribution is -2.16. The second-order valence-electron chi connectivity index (χ2n) is 7.11. The van der Waals surface area contributed by atoms with E-state index in [4.69, 9.17) is 19.9 Å². The maximum atomic E-state index is 6.14. The van der Waals surface area contributed by atoms with E-state index in [0.717, 1.165) is 33.7 Å². The molecular formula is C20H25N5O3S. The third-order valence-corrected chi connectivity index (χ3v) is 6.04. The maximum Gasteiger partial charge on any atom is 0.180 e. The van der Waals surface area contributed by atoms with Crippen LogP contribution in [-0.4, -0.2) is 41.4 Å². The maximum absolute atomic E-state index is 6.14. The summed E-state index contributed by atoms with van der Waals surface area (Å²) in [7, 11) is 1.63. The zero-order valence-corrected chi connectivity index (χ0v) is 17.8. The first-order chi connectivity index (χ1) is 13.9. The number of anilines is 2. The summed E-state index contributed by atoms with van der Waals surface area (Å²) in [5.74, 6) is 2.72. The van der Waals surface area contributed by atoms with E-state index in [2.05, 4.69) is 27.2 Å². The minimum atomic E-state index is -0.00278. The number of ether oxygens (including phenoxy) is 3. The molecule has 0 unspecified atom stereocenters. The van der Waals surface area contributed by atoms with Gasteiger partial charge in [0.05, 0.1) is 42.5 Å². The summed E-state index contributed by atoms with van der Waals surface area (Å²) >= 11 is 1.48. The molecule has 9 heteroatoms. The van der Waals surface area contributed by atoms with Crippen LogP contribution in [0.1, 0.15) is 35.8 Å². The van der Waals surface area contributed by atoms with Crippen LogP contribution < -0.4 is 20.5 Å². The number of nitrogens with one attached hydrogen (secondary N) is 1. The van der Waals surface area contributed by atoms with Gasteiger partial charge in [-0.1, -0.05) is 11.3 Å². The fourth-order valence-electron chi connectivity index (χ4n) is 3.50. The van der Waals surface area contributed by atoms with Crippen LogP contribution in [0.15, 0.2) is 12.1 Å². The quantitative estimate of drug-likeness (QED) is 0.629. The molecule has 154 valence electrons. The minimum absolute atomic E-state index is 0.00278. The third kappa shape index (κ3) is 4.06. The Morgan fingerprint density at radius 3 is 2.72 bits per heavy atom. The number of hydrogen-bond acceptors (Lipinski definition) is 9. The number of methoxy groups -OCH3 is 1. The van der Waals surface area contributed by atoms with Gasteiger partial charge in [-0.05, 0) is 26.8 Å². The molecule has 0 aliphatic carbocycles. The Bertz CT molecular complexity index is 1030. The van der Waals surface area contributed by atoms with E-state index >= 15 is 0 Å². The summed E-state index contributed by atoms with van der Waals surface area (Å²) in [6.45, 7) is 7.20. The molecule has 1 aromatic carbocycles. The highest BCUT2D eigenvalue weighted by Gasteiger charge is 2.21. The zero-order valence-electron chi connectivity index (χ0n) is 17.0. The molecule has 0 saturated carbocycles. The van der Waals surface area contributed by atoms with Crippen LogP contribution in [0.2, 0.25) is 0 Å². The van der Waals surface area contributed by atoms with Gasteiger partial charge in [-0.3, -0.25) is 0 Å². The Kier molecular flexibility index (Phi) is 5.42. The number of nitrogen functional groups attached to an aromatic ring is 1. The van der Waals surface area contributed by atoms with Crippen LogP contribution in [0.25, 0.3) is 10.9 Å². The van der Waals surface area contributed by atoms with Crippen LogP contribution in [0.4, 0.5) is 10.9 Å². The fourth-order valence-corrected chi connectivity index (χ4v) is 4.34. The van der Waals surface area contributed by atoms with Crippen molar-refractivity contribution in [1.29, 1.82) is 0 Å². The van der Waals surface area contributed by atoms with Gasteiger partial charge >= 0.3 is 0 Å². The summed E-state index contributed by atoms with van der Waals surface area (Å²) in [6.07, 6.45) is 0.880. The molecule has 0 bridgehead atoms. The van der Waals surface area contributed by atoms with Crippen molar-refractivity contribution in [2.75, 3.05) is 31.4 Å². The van der Waals surface area contributed by atoms with Gasteiger partial charge in [0, 0.05) is 17.9 Å². The predicted molar refractivity (Wildman–Crippen MR) is 114 cm³/mol. The lowest BCUT2D eigenvalue weighted by Gasteiger charge is -2.19. The lowest BCUT2D eigenvalue weighted by atomic mass is 10.1. The molecule has 2 atom stereocenters. The number of aromatic nitrogens is 3. The van der Waals surface area contributed by atoms with E-state index in [-0.39, 0.29) is 12.1 Å². The first kappa shape index (κ1) is 19.7. The molecule has 3 heterocycles. The third-order valence-electron chi connectivity index (χ3n) is 4.87. The Labute approximate surface area is 173 Å². The smallest absolute Gasteiger partial charge is 0.180 e. The minimum Gasteiger partial charge on any atom is -0.493 e. The highest BCUT2D eigenvalue weighted by atomic mass is 32.1. The fraction of sp³-hybridized carbons (Fsp3) is 0.450. The standard InChI is InChI=1S/C20H25N5O3S/c1-10(18-11(2)23-20(21)29-18)22-19-14-7-17(28-13-5-6-27-9-13)16(26-4)8-15(14)24-12(3)25-19/h7-8,10,13H,5-6,9H2,1-4H3,(H2,21,23)(H,22,24,25)/t10-,13+/m1/s1. The van der Waals surface area contributed by atoms with E-state index in [0.29, 0.717) is 35.7 Å². The molecule has 3 aromatic rings. The van der Waals surface area contributed by atoms with Crippen molar-refractivity contribution in [1.82, 2.24) is 15.0 Å². The Balaban J connectivity index is 1.73. The van der Waals surface area contributed by atoms with Gasteiger partial charge in [-0.2, -0.15) is 0 Å². The van der Waals surface area contributed by atoms with Crippen LogP contribution in [0.5, 0.6) is 11.5 Å². The van der Waals surface area contributed by atoms with E-state index in [1.807, 2.05) is 26.0 Å². The molecule has 1 aliphatic heterocycles. The lowest BCUT2D eigenvalue weighted by molar-refractivity contribution is 0.139. The highest BCUT2D eigenvalue weighted by molar-refractivity contribution is 7.15. The SMILES string of the molecule is COc1cc2nc(C)nc(N[C@H](C)c3sc(N)nc3C)c2cc1O[C@H]1CCOC1. The second kappa shape index (κ2) is 8.00. The molecule has 3 N–H and O–H groups in total. The zero-order chi connectivity index (χ0) is 20.5. The van der Waals surface area contributed by atoms with Crippen molar-refractivity contribution >= 4 is 33.2 Å². The van der Waals surface area contributed by atoms with Gasteiger partial charge in [-0.25, -0.2) is 15.0 Å². The van der Waals surface area contributed by atoms with E-state index in [1.165, 1.54) is 11.3 Å². The summed E-state index contributed by atoms with van der Waals surface area (Å²) in [6, 6.07) is 3.83. The summed E-state index contributed by atoms with van der Waals surface area (Å²) in [4.78, 5) is 14.6. The summed E-state index contributed by atoms with van der Waals surface area (Å²) in [5.41, 5.74) is 7.58. The average molecular weight is 416 g/mol. The Morgan fingerprint density at radius 1 is 1.24 bits per heavy atom. The van der Waals surface area contributed by atoms with E-state index in [1.54, 1.807) is 7.11 Å². The molecular weight excluding hydrogens is 390 g/mol. The number of aryl methyl sites for hydroxylation is 2. The Hall–Kier alpha value is -2.65. The number of hydrogen-bond donors (Lipinski definition) is 2. The van der Waals surface area contributed by atoms with Crippen molar-refractivity contribution < 1.29 is 14.2 Å². The molecule has 0 amide bonds. The topological polar surface area (TPSA) is 104 Å². The van der Waals surface area contributed by atoms with Gasteiger partial charge in [0.2, 0.25) is 0 Å². The van der Waals surface area contributed by atoms with Crippen molar-refractivity contribution in [3.8, 4) is 11.5 Å². The normalized spacial score (nSPS) is 17.4. The Morgan fingerprint density at radius 2 is 2.07 bits per heavy atom. The number of fused-ring (bicyclic) bond motifs is 1. The van der Waals surface area contributed by atoms with Crippen LogP contribution in [0, 0.1) is 13.8 Å². The molecule has 29 heavy (non-hydrogen) atoms. The second-order valence-corrected chi connectivity index (χ2v) is 8.17. The van der Waals surface area contributed by atoms with Crippen molar-refractivity contribution in [2.45, 2.75) is 39.3 Å². The molecule has 8 nitrogen and oxygen atoms in total. The number of thiazole rings is 1. The number of rotatable bonds is 6. The first-order valence-corrected chi connectivity index (χ1v) is 10.4. The molecule has 1 fully saturated rings. The number of nitrogens with two attached hydrogens (primary N) is 1. The van der Waals surface area contributed by atoms with Crippen molar-refractivity contribution in [2.24, 2.45) is 0 Å². The molecule has 2 aromatic heterocycles. The van der Waals surface area contributed by atoms with Gasteiger partial charge in [0.25, 0.3) is 0 Å². The average Bonchev–Trinajstić information content (AvgIpc) is 3.30. The van der Waals surface area contributed by atoms with Crippen molar-refractivity contribution in [3.63, 3.8) is 0 Å². The van der Waals surface area contributed by atoms with E-state index < -0.39 is 0 Å². The number of nitrogens with zero attached hydrogens (tertiary/aromatic N) is 3. The van der Waals surface area contributed by atoms with Crippen LogP contribution in [-0.2, 0) is 4.74 Å². The molecule has 4 rings (SSSR count). The number of benzene rings is 1. The van der Waals surface area contributed by atoms with E-state index in [9.17, 15) is 0 Å². The van der Waals surface area contributed by atoms with Crippen LogP contribution >= 0.6 is 11.3 Å². The first-order valence-electron chi connectivity index (χ1n) is 9.54. The van der Waals surface area contributed by atoms with Gasteiger partial charge < -0.3 is 25.3 Å². The van der Waals surface area contributed by atoms with Gasteiger partial charge in [0.15, 0.2) is 16.6 Å². The highest BCUT2D eigenvalue weighted by Crippen LogP contribution is 2.37. The summed E-state index contributed by atoms with van der Waals surface area (Å²) in [5, 5.41) is 4.93. The van der Waals surface area contributed by atoms with Gasteiger partial charge in [0.1, 0.15) is 17.7 Å². The molecule has 0 radical (unpaired) electrons. The van der Waals surface area contributed by atoms with Crippen molar-refractivity contribution in [3.05, 3.63) is 28.5 Å².